The quantitative estimate of drug-likeness (QED) is 0.663. The van der Waals surface area contributed by atoms with E-state index in [1.807, 2.05) is 4.90 Å². The van der Waals surface area contributed by atoms with E-state index in [-0.39, 0.29) is 30.0 Å². The van der Waals surface area contributed by atoms with Crippen molar-refractivity contribution in [2.24, 2.45) is 5.92 Å². The molecule has 0 radical (unpaired) electrons. The first-order valence-electron chi connectivity index (χ1n) is 9.67. The minimum atomic E-state index is -0.362. The maximum atomic E-state index is 12.8. The number of carbonyl (C=O) groups excluding carboxylic acids is 2. The minimum absolute atomic E-state index is 0. The molecule has 1 aromatic carbocycles. The summed E-state index contributed by atoms with van der Waals surface area (Å²) in [5.41, 5.74) is 0.429. The summed E-state index contributed by atoms with van der Waals surface area (Å²) in [6.45, 7) is 3.22. The van der Waals surface area contributed by atoms with Gasteiger partial charge in [-0.05, 0) is 68.8 Å². The molecule has 1 saturated heterocycles. The third-order valence-electron chi connectivity index (χ3n) is 5.20. The Labute approximate surface area is 166 Å². The Morgan fingerprint density at radius 1 is 1.07 bits per heavy atom. The number of amides is 2. The summed E-state index contributed by atoms with van der Waals surface area (Å²) < 4.78 is 12.8. The SMILES string of the molecule is Cl.O=C(NCCCC(=O)N1CCC(NCC2CC2)CC1)c1ccc(F)cc1. The molecule has 1 aromatic rings. The van der Waals surface area contributed by atoms with E-state index in [4.69, 9.17) is 0 Å². The van der Waals surface area contributed by atoms with Crippen molar-refractivity contribution in [3.05, 3.63) is 35.6 Å². The van der Waals surface area contributed by atoms with Gasteiger partial charge in [-0.25, -0.2) is 4.39 Å². The van der Waals surface area contributed by atoms with Gasteiger partial charge >= 0.3 is 0 Å². The second kappa shape index (κ2) is 10.6. The van der Waals surface area contributed by atoms with E-state index in [1.165, 1.54) is 37.1 Å². The second-order valence-corrected chi connectivity index (χ2v) is 7.37. The van der Waals surface area contributed by atoms with Crippen molar-refractivity contribution in [1.82, 2.24) is 15.5 Å². The number of carbonyl (C=O) groups is 2. The van der Waals surface area contributed by atoms with Gasteiger partial charge in [0.2, 0.25) is 5.91 Å². The predicted molar refractivity (Wildman–Crippen MR) is 106 cm³/mol. The first-order chi connectivity index (χ1) is 12.6. The Bertz CT molecular complexity index is 614. The van der Waals surface area contributed by atoms with Crippen LogP contribution in [0.1, 0.15) is 48.9 Å². The van der Waals surface area contributed by atoms with Gasteiger partial charge in [-0.15, -0.1) is 12.4 Å². The van der Waals surface area contributed by atoms with E-state index in [9.17, 15) is 14.0 Å². The molecule has 0 aromatic heterocycles. The number of benzene rings is 1. The van der Waals surface area contributed by atoms with Crippen LogP contribution >= 0.6 is 12.4 Å². The van der Waals surface area contributed by atoms with Crippen molar-refractivity contribution in [2.45, 2.75) is 44.6 Å². The normalized spacial score (nSPS) is 17.3. The highest BCUT2D eigenvalue weighted by molar-refractivity contribution is 5.94. The summed E-state index contributed by atoms with van der Waals surface area (Å²) in [6, 6.07) is 5.99. The van der Waals surface area contributed by atoms with Crippen LogP contribution in [0.2, 0.25) is 0 Å². The predicted octanol–water partition coefficient (Wildman–Crippen LogP) is 2.75. The monoisotopic (exact) mass is 397 g/mol. The van der Waals surface area contributed by atoms with Crippen molar-refractivity contribution < 1.29 is 14.0 Å². The summed E-state index contributed by atoms with van der Waals surface area (Å²) in [5.74, 6) is 0.458. The largest absolute Gasteiger partial charge is 0.352 e. The Morgan fingerprint density at radius 2 is 1.74 bits per heavy atom. The molecule has 0 atom stereocenters. The lowest BCUT2D eigenvalue weighted by atomic mass is 10.0. The topological polar surface area (TPSA) is 61.4 Å². The van der Waals surface area contributed by atoms with E-state index in [0.29, 0.717) is 31.0 Å². The van der Waals surface area contributed by atoms with Gasteiger partial charge in [0.05, 0.1) is 0 Å². The number of rotatable bonds is 8. The first kappa shape index (κ1) is 21.6. The molecule has 5 nitrogen and oxygen atoms in total. The molecule has 2 aliphatic rings. The number of hydrogen-bond donors (Lipinski definition) is 2. The minimum Gasteiger partial charge on any atom is -0.352 e. The van der Waals surface area contributed by atoms with E-state index in [0.717, 1.165) is 38.4 Å². The van der Waals surface area contributed by atoms with Gasteiger partial charge in [-0.1, -0.05) is 0 Å². The molecule has 0 unspecified atom stereocenters. The van der Waals surface area contributed by atoms with Crippen LogP contribution in [0.15, 0.2) is 24.3 Å². The van der Waals surface area contributed by atoms with Crippen molar-refractivity contribution in [1.29, 1.82) is 0 Å². The van der Waals surface area contributed by atoms with Crippen molar-refractivity contribution >= 4 is 24.2 Å². The van der Waals surface area contributed by atoms with Gasteiger partial charge in [-0.3, -0.25) is 9.59 Å². The zero-order valence-corrected chi connectivity index (χ0v) is 16.4. The highest BCUT2D eigenvalue weighted by Crippen LogP contribution is 2.28. The molecule has 2 amide bonds. The number of hydrogen-bond acceptors (Lipinski definition) is 3. The van der Waals surface area contributed by atoms with Crippen LogP contribution in [0.25, 0.3) is 0 Å². The molecular weight excluding hydrogens is 369 g/mol. The molecule has 3 rings (SSSR count). The fourth-order valence-corrected chi connectivity index (χ4v) is 3.29. The third-order valence-corrected chi connectivity index (χ3v) is 5.20. The number of likely N-dealkylation sites (tertiary alicyclic amines) is 1. The number of nitrogens with zero attached hydrogens (tertiary/aromatic N) is 1. The summed E-state index contributed by atoms with van der Waals surface area (Å²) in [7, 11) is 0. The van der Waals surface area contributed by atoms with Gasteiger partial charge < -0.3 is 15.5 Å². The smallest absolute Gasteiger partial charge is 0.251 e. The lowest BCUT2D eigenvalue weighted by Gasteiger charge is -2.32. The number of halogens is 2. The molecule has 1 aliphatic carbocycles. The molecule has 1 aliphatic heterocycles. The summed E-state index contributed by atoms with van der Waals surface area (Å²) in [6.07, 6.45) is 5.85. The van der Waals surface area contributed by atoms with E-state index in [2.05, 4.69) is 10.6 Å². The Morgan fingerprint density at radius 3 is 2.37 bits per heavy atom. The zero-order chi connectivity index (χ0) is 18.4. The molecule has 150 valence electrons. The van der Waals surface area contributed by atoms with Gasteiger partial charge in [-0.2, -0.15) is 0 Å². The lowest BCUT2D eigenvalue weighted by Crippen LogP contribution is -2.45. The molecule has 0 spiro atoms. The Hall–Kier alpha value is -1.66. The van der Waals surface area contributed by atoms with Crippen LogP contribution in [0.4, 0.5) is 4.39 Å². The molecule has 2 N–H and O–H groups in total. The van der Waals surface area contributed by atoms with Gasteiger partial charge in [0.1, 0.15) is 5.82 Å². The van der Waals surface area contributed by atoms with E-state index < -0.39 is 0 Å². The molecule has 1 saturated carbocycles. The van der Waals surface area contributed by atoms with Crippen LogP contribution in [-0.2, 0) is 4.79 Å². The standard InChI is InChI=1S/C20H28FN3O2.ClH/c21-17-7-5-16(6-8-17)20(26)22-11-1-2-19(25)24-12-9-18(10-13-24)23-14-15-3-4-15;/h5-8,15,18,23H,1-4,9-14H2,(H,22,26);1H. The van der Waals surface area contributed by atoms with Gasteiger partial charge in [0.25, 0.3) is 5.91 Å². The van der Waals surface area contributed by atoms with Crippen LogP contribution in [0.5, 0.6) is 0 Å². The van der Waals surface area contributed by atoms with Crippen molar-refractivity contribution in [3.63, 3.8) is 0 Å². The fourth-order valence-electron chi connectivity index (χ4n) is 3.29. The zero-order valence-electron chi connectivity index (χ0n) is 15.6. The average molecular weight is 398 g/mol. The highest BCUT2D eigenvalue weighted by Gasteiger charge is 2.25. The maximum absolute atomic E-state index is 12.8. The van der Waals surface area contributed by atoms with Crippen molar-refractivity contribution in [3.8, 4) is 0 Å². The Kier molecular flexibility index (Phi) is 8.51. The molecular formula is C20H29ClFN3O2. The molecule has 1 heterocycles. The highest BCUT2D eigenvalue weighted by atomic mass is 35.5. The molecule has 0 bridgehead atoms. The number of nitrogens with one attached hydrogen (secondary N) is 2. The van der Waals surface area contributed by atoms with Crippen molar-refractivity contribution in [2.75, 3.05) is 26.2 Å². The van der Waals surface area contributed by atoms with Crippen LogP contribution in [-0.4, -0.2) is 48.9 Å². The first-order valence-corrected chi connectivity index (χ1v) is 9.67. The number of piperidine rings is 1. The third kappa shape index (κ3) is 7.11. The maximum Gasteiger partial charge on any atom is 0.251 e. The van der Waals surface area contributed by atoms with Crippen LogP contribution < -0.4 is 10.6 Å². The van der Waals surface area contributed by atoms with E-state index in [1.54, 1.807) is 0 Å². The van der Waals surface area contributed by atoms with E-state index >= 15 is 0 Å². The average Bonchev–Trinajstić information content (AvgIpc) is 3.48. The molecule has 27 heavy (non-hydrogen) atoms. The molecule has 7 heteroatoms. The Balaban J connectivity index is 0.00000261. The summed E-state index contributed by atoms with van der Waals surface area (Å²) >= 11 is 0. The summed E-state index contributed by atoms with van der Waals surface area (Å²) in [5, 5.41) is 6.39. The lowest BCUT2D eigenvalue weighted by molar-refractivity contribution is -0.132. The van der Waals surface area contributed by atoms with Gasteiger partial charge in [0, 0.05) is 37.7 Å². The van der Waals surface area contributed by atoms with Crippen LogP contribution in [0.3, 0.4) is 0 Å². The second-order valence-electron chi connectivity index (χ2n) is 7.37. The van der Waals surface area contributed by atoms with Gasteiger partial charge in [0.15, 0.2) is 0 Å². The summed E-state index contributed by atoms with van der Waals surface area (Å²) in [4.78, 5) is 26.1. The van der Waals surface area contributed by atoms with Crippen LogP contribution in [0, 0.1) is 11.7 Å². The fraction of sp³-hybridized carbons (Fsp3) is 0.600. The molecule has 2 fully saturated rings.